The molecule has 24 heavy (non-hydrogen) atoms. The Bertz CT molecular complexity index is 701. The number of thiazole rings is 1. The molecule has 2 heterocycles. The molecular weight excluding hydrogens is 325 g/mol. The van der Waals surface area contributed by atoms with E-state index in [1.807, 2.05) is 4.90 Å². The number of aromatic nitrogens is 1. The van der Waals surface area contributed by atoms with Crippen molar-refractivity contribution in [3.05, 3.63) is 51.7 Å². The van der Waals surface area contributed by atoms with Crippen LogP contribution < -0.4 is 5.73 Å². The van der Waals surface area contributed by atoms with Crippen molar-refractivity contribution in [3.63, 3.8) is 0 Å². The fourth-order valence-corrected chi connectivity index (χ4v) is 4.18. The van der Waals surface area contributed by atoms with Crippen LogP contribution >= 0.6 is 11.3 Å². The lowest BCUT2D eigenvalue weighted by molar-refractivity contribution is 0.0537. The van der Waals surface area contributed by atoms with E-state index in [0.717, 1.165) is 30.0 Å². The number of carbonyl (C=O) groups is 1. The molecule has 0 spiro atoms. The summed E-state index contributed by atoms with van der Waals surface area (Å²) in [7, 11) is 0. The van der Waals surface area contributed by atoms with Crippen LogP contribution in [0.1, 0.15) is 40.0 Å². The van der Waals surface area contributed by atoms with E-state index in [-0.39, 0.29) is 17.8 Å². The minimum Gasteiger partial charge on any atom is -0.333 e. The van der Waals surface area contributed by atoms with E-state index in [4.69, 9.17) is 5.73 Å². The van der Waals surface area contributed by atoms with E-state index in [2.05, 4.69) is 11.9 Å². The largest absolute Gasteiger partial charge is 0.333 e. The summed E-state index contributed by atoms with van der Waals surface area (Å²) in [6.45, 7) is 3.41. The quantitative estimate of drug-likeness (QED) is 0.925. The molecule has 128 valence electrons. The van der Waals surface area contributed by atoms with Crippen LogP contribution in [0.3, 0.4) is 0 Å². The average Bonchev–Trinajstić information content (AvgIpc) is 3.04. The highest BCUT2D eigenvalue weighted by Gasteiger charge is 2.32. The van der Waals surface area contributed by atoms with Gasteiger partial charge in [0, 0.05) is 25.6 Å². The highest BCUT2D eigenvalue weighted by molar-refractivity contribution is 7.13. The van der Waals surface area contributed by atoms with Crippen molar-refractivity contribution in [2.75, 3.05) is 13.1 Å². The molecule has 2 aromatic rings. The van der Waals surface area contributed by atoms with Crippen molar-refractivity contribution in [1.82, 2.24) is 9.88 Å². The van der Waals surface area contributed by atoms with E-state index in [0.29, 0.717) is 23.8 Å². The van der Waals surface area contributed by atoms with Crippen LogP contribution in [0.2, 0.25) is 0 Å². The van der Waals surface area contributed by atoms with Gasteiger partial charge in [-0.1, -0.05) is 19.1 Å². The summed E-state index contributed by atoms with van der Waals surface area (Å²) in [6, 6.07) is 6.48. The van der Waals surface area contributed by atoms with Gasteiger partial charge in [-0.3, -0.25) is 4.79 Å². The number of hydrogen-bond acceptors (Lipinski definition) is 4. The Hall–Kier alpha value is -1.79. The Morgan fingerprint density at radius 3 is 2.88 bits per heavy atom. The van der Waals surface area contributed by atoms with Crippen LogP contribution in [0.5, 0.6) is 0 Å². The number of carbonyl (C=O) groups excluding carboxylic acids is 1. The number of benzene rings is 1. The molecule has 0 radical (unpaired) electrons. The van der Waals surface area contributed by atoms with Crippen LogP contribution in [0, 0.1) is 11.7 Å². The second-order valence-electron chi connectivity index (χ2n) is 6.34. The fourth-order valence-electron chi connectivity index (χ4n) is 3.27. The van der Waals surface area contributed by atoms with E-state index < -0.39 is 0 Å². The number of amides is 1. The van der Waals surface area contributed by atoms with Crippen LogP contribution in [-0.4, -0.2) is 34.9 Å². The van der Waals surface area contributed by atoms with Crippen molar-refractivity contribution < 1.29 is 9.18 Å². The normalized spacial score (nSPS) is 21.0. The van der Waals surface area contributed by atoms with Crippen molar-refractivity contribution in [2.24, 2.45) is 11.7 Å². The van der Waals surface area contributed by atoms with E-state index in [1.54, 1.807) is 18.3 Å². The molecule has 4 nitrogen and oxygen atoms in total. The topological polar surface area (TPSA) is 59.2 Å². The Morgan fingerprint density at radius 1 is 1.42 bits per heavy atom. The van der Waals surface area contributed by atoms with Crippen LogP contribution in [0.15, 0.2) is 30.5 Å². The molecule has 2 N–H and O–H groups in total. The standard InChI is InChI=1S/C18H22FN3OS/c1-12-3-2-8-22(15(12)10-20)18(23)16-11-21-17(24-16)9-13-4-6-14(19)7-5-13/h4-7,11-12,15H,2-3,8-10,20H2,1H3/t12-,15-/m1/s1. The summed E-state index contributed by atoms with van der Waals surface area (Å²) in [5.41, 5.74) is 6.87. The minimum absolute atomic E-state index is 0.0276. The van der Waals surface area contributed by atoms with Gasteiger partial charge >= 0.3 is 0 Å². The Labute approximate surface area is 145 Å². The second-order valence-corrected chi connectivity index (χ2v) is 7.46. The monoisotopic (exact) mass is 347 g/mol. The fraction of sp³-hybridized carbons (Fsp3) is 0.444. The summed E-state index contributed by atoms with van der Waals surface area (Å²) >= 11 is 1.41. The third-order valence-electron chi connectivity index (χ3n) is 4.65. The highest BCUT2D eigenvalue weighted by atomic mass is 32.1. The van der Waals surface area contributed by atoms with E-state index in [1.165, 1.54) is 23.5 Å². The van der Waals surface area contributed by atoms with Gasteiger partial charge in [0.15, 0.2) is 0 Å². The highest BCUT2D eigenvalue weighted by Crippen LogP contribution is 2.26. The number of hydrogen-bond donors (Lipinski definition) is 1. The molecular formula is C18H22FN3OS. The van der Waals surface area contributed by atoms with Crippen molar-refractivity contribution >= 4 is 17.2 Å². The summed E-state index contributed by atoms with van der Waals surface area (Å²) in [4.78, 5) is 19.7. The third kappa shape index (κ3) is 3.65. The van der Waals surface area contributed by atoms with Crippen molar-refractivity contribution in [1.29, 1.82) is 0 Å². The van der Waals surface area contributed by atoms with Gasteiger partial charge < -0.3 is 10.6 Å². The predicted molar refractivity (Wildman–Crippen MR) is 93.6 cm³/mol. The number of likely N-dealkylation sites (tertiary alicyclic amines) is 1. The van der Waals surface area contributed by atoms with Crippen LogP contribution in [0.4, 0.5) is 4.39 Å². The van der Waals surface area contributed by atoms with Gasteiger partial charge in [0.1, 0.15) is 10.7 Å². The first-order valence-electron chi connectivity index (χ1n) is 8.28. The van der Waals surface area contributed by atoms with Gasteiger partial charge in [-0.2, -0.15) is 0 Å². The van der Waals surface area contributed by atoms with E-state index in [9.17, 15) is 9.18 Å². The average molecular weight is 347 g/mol. The molecule has 1 aliphatic rings. The van der Waals surface area contributed by atoms with E-state index >= 15 is 0 Å². The number of rotatable bonds is 4. The molecule has 0 bridgehead atoms. The maximum absolute atomic E-state index is 13.0. The first-order chi connectivity index (χ1) is 11.6. The first-order valence-corrected chi connectivity index (χ1v) is 9.10. The SMILES string of the molecule is C[C@@H]1CCCN(C(=O)c2cnc(Cc3ccc(F)cc3)s2)[C@@H]1CN. The number of halogens is 1. The lowest BCUT2D eigenvalue weighted by atomic mass is 9.90. The molecule has 0 saturated carbocycles. The van der Waals surface area contributed by atoms with Crippen molar-refractivity contribution in [2.45, 2.75) is 32.2 Å². The predicted octanol–water partition coefficient (Wildman–Crippen LogP) is 3.07. The summed E-state index contributed by atoms with van der Waals surface area (Å²) in [6.07, 6.45) is 4.39. The summed E-state index contributed by atoms with van der Waals surface area (Å²) in [5, 5.41) is 0.860. The zero-order valence-electron chi connectivity index (χ0n) is 13.7. The molecule has 0 unspecified atom stereocenters. The molecule has 0 aliphatic carbocycles. The van der Waals surface area contributed by atoms with Crippen LogP contribution in [-0.2, 0) is 6.42 Å². The Morgan fingerprint density at radius 2 is 2.17 bits per heavy atom. The first kappa shape index (κ1) is 17.0. The maximum atomic E-state index is 13.0. The minimum atomic E-state index is -0.249. The number of nitrogens with two attached hydrogens (primary N) is 1. The second kappa shape index (κ2) is 7.40. The third-order valence-corrected chi connectivity index (χ3v) is 5.64. The molecule has 1 saturated heterocycles. The smallest absolute Gasteiger partial charge is 0.265 e. The zero-order chi connectivity index (χ0) is 17.1. The summed E-state index contributed by atoms with van der Waals surface area (Å²) < 4.78 is 13.0. The Balaban J connectivity index is 1.72. The molecule has 3 rings (SSSR count). The van der Waals surface area contributed by atoms with Gasteiger partial charge in [0.2, 0.25) is 0 Å². The number of piperidine rings is 1. The molecule has 1 aliphatic heterocycles. The molecule has 1 amide bonds. The van der Waals surface area contributed by atoms with Gasteiger partial charge in [-0.05, 0) is 36.5 Å². The zero-order valence-corrected chi connectivity index (χ0v) is 14.6. The lowest BCUT2D eigenvalue weighted by Crippen LogP contribution is -2.51. The van der Waals surface area contributed by atoms with Crippen molar-refractivity contribution in [3.8, 4) is 0 Å². The lowest BCUT2D eigenvalue weighted by Gasteiger charge is -2.39. The molecule has 1 aromatic heterocycles. The van der Waals surface area contributed by atoms with Gasteiger partial charge in [0.05, 0.1) is 11.2 Å². The van der Waals surface area contributed by atoms with Gasteiger partial charge in [0.25, 0.3) is 5.91 Å². The maximum Gasteiger partial charge on any atom is 0.265 e. The van der Waals surface area contributed by atoms with Crippen LogP contribution in [0.25, 0.3) is 0 Å². The number of nitrogens with zero attached hydrogens (tertiary/aromatic N) is 2. The molecule has 6 heteroatoms. The van der Waals surface area contributed by atoms with Gasteiger partial charge in [-0.25, -0.2) is 9.37 Å². The van der Waals surface area contributed by atoms with Gasteiger partial charge in [-0.15, -0.1) is 11.3 Å². The molecule has 1 fully saturated rings. The molecule has 1 aromatic carbocycles. The Kier molecular flexibility index (Phi) is 5.26. The summed E-state index contributed by atoms with van der Waals surface area (Å²) in [5.74, 6) is 0.208. The molecule has 2 atom stereocenters.